The van der Waals surface area contributed by atoms with E-state index in [1.807, 2.05) is 36.9 Å². The standard InChI is InChI=1S/C24H31Cl2N7O2S/c1-15-23-24(33(30-15)16(2)20-6-5-19(25)10-21(20)26)29-22(11-28-23)32-13-18(14-32)17-4-3-7-31(12-17)8-9-36(27,34)35/h5-6,10-11,16-18H,3-4,7-9,12-14H2,1-2H3,(H2,27,34,35)/t16-,17+/m1/s1. The molecule has 4 heterocycles. The van der Waals surface area contributed by atoms with Gasteiger partial charge in [0.05, 0.1) is 23.7 Å². The SMILES string of the molecule is Cc1nn([C@H](C)c2ccc(Cl)cc2Cl)c2nc(N3CC([C@H]4CCCN(CCS(N)(=O)=O)C4)C3)cnc12. The molecular weight excluding hydrogens is 521 g/mol. The van der Waals surface area contributed by atoms with Gasteiger partial charge in [-0.3, -0.25) is 0 Å². The lowest BCUT2D eigenvalue weighted by molar-refractivity contribution is 0.125. The van der Waals surface area contributed by atoms with Crippen LogP contribution >= 0.6 is 23.2 Å². The molecule has 5 rings (SSSR count). The van der Waals surface area contributed by atoms with Crippen molar-refractivity contribution in [2.45, 2.75) is 32.7 Å². The van der Waals surface area contributed by atoms with Crippen molar-refractivity contribution >= 4 is 50.2 Å². The van der Waals surface area contributed by atoms with E-state index in [9.17, 15) is 8.42 Å². The minimum atomic E-state index is -3.43. The number of nitrogens with two attached hydrogens (primary N) is 1. The molecule has 9 nitrogen and oxygen atoms in total. The van der Waals surface area contributed by atoms with Crippen LogP contribution in [0, 0.1) is 18.8 Å². The van der Waals surface area contributed by atoms with Crippen molar-refractivity contribution in [3.05, 3.63) is 45.7 Å². The van der Waals surface area contributed by atoms with Crippen molar-refractivity contribution in [1.29, 1.82) is 0 Å². The van der Waals surface area contributed by atoms with Gasteiger partial charge in [-0.25, -0.2) is 28.2 Å². The summed E-state index contributed by atoms with van der Waals surface area (Å²) in [6.07, 6.45) is 4.08. The number of piperidine rings is 1. The first-order chi connectivity index (χ1) is 17.1. The van der Waals surface area contributed by atoms with Crippen LogP contribution < -0.4 is 10.0 Å². The zero-order valence-corrected chi connectivity index (χ0v) is 22.8. The summed E-state index contributed by atoms with van der Waals surface area (Å²) in [6, 6.07) is 5.36. The predicted molar refractivity (Wildman–Crippen MR) is 143 cm³/mol. The molecule has 2 N–H and O–H groups in total. The van der Waals surface area contributed by atoms with Crippen LogP contribution in [-0.4, -0.2) is 71.5 Å². The van der Waals surface area contributed by atoms with Gasteiger partial charge in [0, 0.05) is 36.2 Å². The van der Waals surface area contributed by atoms with Crippen molar-refractivity contribution in [3.8, 4) is 0 Å². The van der Waals surface area contributed by atoms with Crippen molar-refractivity contribution < 1.29 is 8.42 Å². The van der Waals surface area contributed by atoms with Gasteiger partial charge in [-0.05, 0) is 62.8 Å². The van der Waals surface area contributed by atoms with Gasteiger partial charge < -0.3 is 9.80 Å². The Morgan fingerprint density at radius 2 is 1.97 bits per heavy atom. The number of aryl methyl sites for hydroxylation is 1. The van der Waals surface area contributed by atoms with Crippen LogP contribution in [0.5, 0.6) is 0 Å². The number of anilines is 1. The second-order valence-corrected chi connectivity index (χ2v) is 12.6. The van der Waals surface area contributed by atoms with Gasteiger partial charge >= 0.3 is 0 Å². The minimum absolute atomic E-state index is 0.0128. The van der Waals surface area contributed by atoms with Crippen LogP contribution in [-0.2, 0) is 10.0 Å². The second kappa shape index (κ2) is 10.1. The number of hydrogen-bond acceptors (Lipinski definition) is 7. The number of halogens is 2. The number of hydrogen-bond donors (Lipinski definition) is 1. The molecule has 12 heteroatoms. The smallest absolute Gasteiger partial charge is 0.210 e. The van der Waals surface area contributed by atoms with E-state index in [4.69, 9.17) is 43.4 Å². The molecular formula is C24H31Cl2N7O2S. The minimum Gasteiger partial charge on any atom is -0.355 e. The molecule has 3 aromatic rings. The highest BCUT2D eigenvalue weighted by molar-refractivity contribution is 7.89. The Balaban J connectivity index is 1.29. The van der Waals surface area contributed by atoms with E-state index < -0.39 is 10.0 Å². The molecule has 0 saturated carbocycles. The third-order valence-corrected chi connectivity index (χ3v) is 8.79. The Labute approximate surface area is 221 Å². The lowest BCUT2D eigenvalue weighted by Gasteiger charge is -2.47. The van der Waals surface area contributed by atoms with Crippen molar-refractivity contribution in [2.75, 3.05) is 43.4 Å². The molecule has 0 amide bonds. The lowest BCUT2D eigenvalue weighted by atomic mass is 9.80. The van der Waals surface area contributed by atoms with Gasteiger partial charge in [-0.1, -0.05) is 29.3 Å². The Morgan fingerprint density at radius 3 is 2.69 bits per heavy atom. The summed E-state index contributed by atoms with van der Waals surface area (Å²) in [5.74, 6) is 1.96. The average molecular weight is 553 g/mol. The van der Waals surface area contributed by atoms with E-state index in [1.165, 1.54) is 6.42 Å². The Morgan fingerprint density at radius 1 is 1.19 bits per heavy atom. The van der Waals surface area contributed by atoms with E-state index in [0.717, 1.165) is 60.8 Å². The molecule has 36 heavy (non-hydrogen) atoms. The highest BCUT2D eigenvalue weighted by Gasteiger charge is 2.37. The molecule has 0 unspecified atom stereocenters. The number of fused-ring (bicyclic) bond motifs is 1. The van der Waals surface area contributed by atoms with Gasteiger partial charge in [0.1, 0.15) is 11.3 Å². The molecule has 0 radical (unpaired) electrons. The first kappa shape index (κ1) is 25.7. The summed E-state index contributed by atoms with van der Waals surface area (Å²) in [5.41, 5.74) is 3.26. The van der Waals surface area contributed by atoms with Gasteiger partial charge in [0.25, 0.3) is 0 Å². The summed E-state index contributed by atoms with van der Waals surface area (Å²) in [4.78, 5) is 14.2. The highest BCUT2D eigenvalue weighted by Crippen LogP contribution is 2.35. The number of benzene rings is 1. The number of nitrogens with zero attached hydrogens (tertiary/aromatic N) is 6. The largest absolute Gasteiger partial charge is 0.355 e. The Hall–Kier alpha value is -1.98. The maximum Gasteiger partial charge on any atom is 0.210 e. The van der Waals surface area contributed by atoms with Crippen LogP contribution in [0.4, 0.5) is 5.82 Å². The molecule has 2 aliphatic rings. The van der Waals surface area contributed by atoms with Gasteiger partial charge in [0.2, 0.25) is 10.0 Å². The zero-order chi connectivity index (χ0) is 25.6. The van der Waals surface area contributed by atoms with Crippen LogP contribution in [0.25, 0.3) is 11.2 Å². The Kier molecular flexibility index (Phi) is 7.17. The molecule has 2 aromatic heterocycles. The van der Waals surface area contributed by atoms with E-state index in [2.05, 4.69) is 9.80 Å². The molecule has 2 atom stereocenters. The van der Waals surface area contributed by atoms with Gasteiger partial charge in [-0.15, -0.1) is 0 Å². The maximum atomic E-state index is 11.3. The lowest BCUT2D eigenvalue weighted by Crippen LogP contribution is -2.54. The first-order valence-electron chi connectivity index (χ1n) is 12.2. The van der Waals surface area contributed by atoms with Crippen molar-refractivity contribution in [2.24, 2.45) is 17.0 Å². The maximum absolute atomic E-state index is 11.3. The molecule has 2 aliphatic heterocycles. The van der Waals surface area contributed by atoms with Crippen LogP contribution in [0.2, 0.25) is 10.0 Å². The van der Waals surface area contributed by atoms with Crippen molar-refractivity contribution in [1.82, 2.24) is 24.6 Å². The molecule has 2 fully saturated rings. The quantitative estimate of drug-likeness (QED) is 0.478. The normalized spacial score (nSPS) is 20.6. The number of aromatic nitrogens is 4. The number of likely N-dealkylation sites (tertiary alicyclic amines) is 1. The van der Waals surface area contributed by atoms with E-state index in [-0.39, 0.29) is 11.8 Å². The third-order valence-electron chi connectivity index (χ3n) is 7.47. The van der Waals surface area contributed by atoms with Crippen LogP contribution in [0.15, 0.2) is 24.4 Å². The van der Waals surface area contributed by atoms with E-state index in [1.54, 1.807) is 6.07 Å². The van der Waals surface area contributed by atoms with Crippen LogP contribution in [0.3, 0.4) is 0 Å². The number of rotatable bonds is 7. The Bertz CT molecular complexity index is 1370. The first-order valence-corrected chi connectivity index (χ1v) is 14.7. The van der Waals surface area contributed by atoms with Gasteiger partial charge in [0.15, 0.2) is 5.65 Å². The van der Waals surface area contributed by atoms with Crippen molar-refractivity contribution in [3.63, 3.8) is 0 Å². The summed E-state index contributed by atoms with van der Waals surface area (Å²) in [5, 5.41) is 11.1. The summed E-state index contributed by atoms with van der Waals surface area (Å²) in [7, 11) is -3.43. The molecule has 0 bridgehead atoms. The van der Waals surface area contributed by atoms with Crippen LogP contribution in [0.1, 0.15) is 37.1 Å². The fourth-order valence-corrected chi connectivity index (χ4v) is 6.45. The van der Waals surface area contributed by atoms with E-state index >= 15 is 0 Å². The third kappa shape index (κ3) is 5.33. The molecule has 1 aromatic carbocycles. The van der Waals surface area contributed by atoms with E-state index in [0.29, 0.717) is 28.4 Å². The molecule has 2 saturated heterocycles. The molecule has 194 valence electrons. The predicted octanol–water partition coefficient (Wildman–Crippen LogP) is 3.49. The summed E-state index contributed by atoms with van der Waals surface area (Å²) >= 11 is 12.6. The number of primary sulfonamides is 1. The zero-order valence-electron chi connectivity index (χ0n) is 20.4. The van der Waals surface area contributed by atoms with Gasteiger partial charge in [-0.2, -0.15) is 5.10 Å². The average Bonchev–Trinajstić information content (AvgIpc) is 3.12. The molecule has 0 spiro atoms. The second-order valence-electron chi connectivity index (χ2n) is 10.0. The molecule has 0 aliphatic carbocycles. The highest BCUT2D eigenvalue weighted by atomic mass is 35.5. The summed E-state index contributed by atoms with van der Waals surface area (Å²) < 4.78 is 24.6. The number of sulfonamides is 1. The fraction of sp³-hybridized carbons (Fsp3) is 0.542. The topological polar surface area (TPSA) is 110 Å². The summed E-state index contributed by atoms with van der Waals surface area (Å²) in [6.45, 7) is 8.17. The fourth-order valence-electron chi connectivity index (χ4n) is 5.37. The monoisotopic (exact) mass is 551 g/mol.